The molecule has 1 heterocycles. The first kappa shape index (κ1) is 19.9. The van der Waals surface area contributed by atoms with E-state index in [2.05, 4.69) is 4.90 Å². The van der Waals surface area contributed by atoms with Gasteiger partial charge < -0.3 is 9.80 Å². The molecule has 2 saturated carbocycles. The van der Waals surface area contributed by atoms with Crippen LogP contribution in [0, 0.1) is 23.1 Å². The summed E-state index contributed by atoms with van der Waals surface area (Å²) in [4.78, 5) is 17.4. The molecule has 1 aromatic carbocycles. The van der Waals surface area contributed by atoms with Gasteiger partial charge in [0.15, 0.2) is 0 Å². The van der Waals surface area contributed by atoms with E-state index < -0.39 is 0 Å². The van der Waals surface area contributed by atoms with Crippen molar-refractivity contribution in [1.82, 2.24) is 9.80 Å². The van der Waals surface area contributed by atoms with Gasteiger partial charge in [-0.2, -0.15) is 0 Å². The molecule has 1 saturated heterocycles. The van der Waals surface area contributed by atoms with Crippen molar-refractivity contribution in [3.63, 3.8) is 0 Å². The summed E-state index contributed by atoms with van der Waals surface area (Å²) in [5, 5.41) is 0. The highest BCUT2D eigenvalue weighted by molar-refractivity contribution is 5.82. The predicted octanol–water partition coefficient (Wildman–Crippen LogP) is 4.51. The number of amides is 1. The van der Waals surface area contributed by atoms with Crippen LogP contribution in [0.1, 0.15) is 56.9 Å². The molecule has 4 heteroatoms. The molecule has 1 atom stereocenters. The molecular weight excluding hydrogens is 351 g/mol. The Balaban J connectivity index is 1.18. The van der Waals surface area contributed by atoms with Gasteiger partial charge in [0.2, 0.25) is 5.91 Å². The van der Waals surface area contributed by atoms with Crippen LogP contribution in [0.25, 0.3) is 0 Å². The highest BCUT2D eigenvalue weighted by Gasteiger charge is 2.58. The van der Waals surface area contributed by atoms with E-state index in [0.717, 1.165) is 57.4 Å². The summed E-state index contributed by atoms with van der Waals surface area (Å²) in [7, 11) is 2.02. The van der Waals surface area contributed by atoms with Gasteiger partial charge in [0.25, 0.3) is 0 Å². The van der Waals surface area contributed by atoms with Crippen molar-refractivity contribution in [2.45, 2.75) is 57.8 Å². The van der Waals surface area contributed by atoms with Crippen LogP contribution < -0.4 is 0 Å². The Morgan fingerprint density at radius 3 is 2.61 bits per heavy atom. The summed E-state index contributed by atoms with van der Waals surface area (Å²) in [6, 6.07) is 7.10. The third-order valence-electron chi connectivity index (χ3n) is 7.61. The van der Waals surface area contributed by atoms with Gasteiger partial charge in [-0.3, -0.25) is 4.79 Å². The van der Waals surface area contributed by atoms with Crippen LogP contribution in [0.5, 0.6) is 0 Å². The largest absolute Gasteiger partial charge is 0.345 e. The summed E-state index contributed by atoms with van der Waals surface area (Å²) in [6.07, 6.45) is 10.8. The van der Waals surface area contributed by atoms with Gasteiger partial charge in [0.1, 0.15) is 5.82 Å². The van der Waals surface area contributed by atoms with E-state index in [0.29, 0.717) is 23.2 Å². The van der Waals surface area contributed by atoms with Gasteiger partial charge in [-0.15, -0.1) is 0 Å². The molecule has 0 N–H and O–H groups in total. The number of piperidine rings is 1. The highest BCUT2D eigenvalue weighted by Crippen LogP contribution is 2.61. The Labute approximate surface area is 169 Å². The van der Waals surface area contributed by atoms with Crippen LogP contribution >= 0.6 is 0 Å². The highest BCUT2D eigenvalue weighted by atomic mass is 19.1. The molecule has 0 radical (unpaired) electrons. The normalized spacial score (nSPS) is 25.0. The van der Waals surface area contributed by atoms with Crippen molar-refractivity contribution in [2.24, 2.45) is 17.3 Å². The van der Waals surface area contributed by atoms with E-state index >= 15 is 0 Å². The Bertz CT molecular complexity index is 677. The zero-order valence-corrected chi connectivity index (χ0v) is 17.3. The Hall–Kier alpha value is -1.42. The molecular formula is C24H35FN2O. The van der Waals surface area contributed by atoms with Crippen LogP contribution in [0.2, 0.25) is 0 Å². The summed E-state index contributed by atoms with van der Waals surface area (Å²) in [5.41, 5.74) is 1.20. The minimum absolute atomic E-state index is 0.0895. The van der Waals surface area contributed by atoms with Gasteiger partial charge in [-0.1, -0.05) is 37.5 Å². The molecule has 0 bridgehead atoms. The molecule has 2 aliphatic carbocycles. The molecule has 154 valence electrons. The summed E-state index contributed by atoms with van der Waals surface area (Å²) in [5.74, 6) is 1.25. The van der Waals surface area contributed by atoms with Gasteiger partial charge in [0, 0.05) is 26.1 Å². The lowest BCUT2D eigenvalue weighted by atomic mass is 9.84. The van der Waals surface area contributed by atoms with E-state index in [-0.39, 0.29) is 5.82 Å². The predicted molar refractivity (Wildman–Crippen MR) is 111 cm³/mol. The quantitative estimate of drug-likeness (QED) is 0.718. The average Bonchev–Trinajstić information content (AvgIpc) is 3.41. The van der Waals surface area contributed by atoms with E-state index in [4.69, 9.17) is 0 Å². The third kappa shape index (κ3) is 4.42. The maximum Gasteiger partial charge on any atom is 0.226 e. The second kappa shape index (κ2) is 8.52. The standard InChI is InChI=1S/C24H35FN2O/c1-26(23(28)21-17-24(21)12-5-2-6-13-24)18-19-9-14-27(15-10-19)16-11-20-7-3-4-8-22(20)25/h3-4,7-8,19,21H,2,5-6,9-18H2,1H3/t21-/m0/s1. The van der Waals surface area contributed by atoms with Crippen molar-refractivity contribution in [2.75, 3.05) is 33.2 Å². The second-order valence-corrected chi connectivity index (χ2v) is 9.52. The number of benzene rings is 1. The molecule has 4 rings (SSSR count). The number of carbonyl (C=O) groups is 1. The van der Waals surface area contributed by atoms with Gasteiger partial charge in [-0.05, 0) is 74.6 Å². The molecule has 1 aromatic rings. The number of halogens is 1. The minimum atomic E-state index is -0.0895. The smallest absolute Gasteiger partial charge is 0.226 e. The Morgan fingerprint density at radius 1 is 1.18 bits per heavy atom. The average molecular weight is 387 g/mol. The Morgan fingerprint density at radius 2 is 1.89 bits per heavy atom. The van der Waals surface area contributed by atoms with Gasteiger partial charge in [-0.25, -0.2) is 4.39 Å². The molecule has 1 aliphatic heterocycles. The molecule has 1 spiro atoms. The summed E-state index contributed by atoms with van der Waals surface area (Å²) in [6.45, 7) is 3.96. The van der Waals surface area contributed by atoms with Crippen molar-refractivity contribution in [3.8, 4) is 0 Å². The topological polar surface area (TPSA) is 23.6 Å². The van der Waals surface area contributed by atoms with Crippen molar-refractivity contribution < 1.29 is 9.18 Å². The lowest BCUT2D eigenvalue weighted by Crippen LogP contribution is -2.41. The monoisotopic (exact) mass is 386 g/mol. The second-order valence-electron chi connectivity index (χ2n) is 9.52. The molecule has 0 aromatic heterocycles. The minimum Gasteiger partial charge on any atom is -0.345 e. The summed E-state index contributed by atoms with van der Waals surface area (Å²) >= 11 is 0. The van der Waals surface area contributed by atoms with Crippen LogP contribution in [0.3, 0.4) is 0 Å². The lowest BCUT2D eigenvalue weighted by Gasteiger charge is -2.34. The number of likely N-dealkylation sites (tertiary alicyclic amines) is 1. The molecule has 3 fully saturated rings. The molecule has 0 unspecified atom stereocenters. The van der Waals surface area contributed by atoms with Crippen LogP contribution in [-0.2, 0) is 11.2 Å². The van der Waals surface area contributed by atoms with Gasteiger partial charge >= 0.3 is 0 Å². The zero-order valence-electron chi connectivity index (χ0n) is 17.3. The fourth-order valence-corrected chi connectivity index (χ4v) is 5.62. The SMILES string of the molecule is CN(CC1CCN(CCc2ccccc2F)CC1)C(=O)[C@@H]1CC12CCCCC2. The number of hydrogen-bond donors (Lipinski definition) is 0. The number of hydrogen-bond acceptors (Lipinski definition) is 2. The van der Waals surface area contributed by atoms with E-state index in [1.807, 2.05) is 24.1 Å². The Kier molecular flexibility index (Phi) is 6.05. The summed E-state index contributed by atoms with van der Waals surface area (Å²) < 4.78 is 13.8. The van der Waals surface area contributed by atoms with E-state index in [9.17, 15) is 9.18 Å². The third-order valence-corrected chi connectivity index (χ3v) is 7.61. The molecule has 3 aliphatic rings. The number of rotatable bonds is 6. The van der Waals surface area contributed by atoms with Crippen molar-refractivity contribution >= 4 is 5.91 Å². The van der Waals surface area contributed by atoms with Crippen molar-refractivity contribution in [3.05, 3.63) is 35.6 Å². The van der Waals surface area contributed by atoms with Crippen molar-refractivity contribution in [1.29, 1.82) is 0 Å². The first-order valence-electron chi connectivity index (χ1n) is 11.3. The molecule has 3 nitrogen and oxygen atoms in total. The molecule has 1 amide bonds. The molecule has 28 heavy (non-hydrogen) atoms. The maximum absolute atomic E-state index is 13.8. The van der Waals surface area contributed by atoms with Crippen LogP contribution in [0.4, 0.5) is 4.39 Å². The maximum atomic E-state index is 13.8. The fourth-order valence-electron chi connectivity index (χ4n) is 5.62. The first-order chi connectivity index (χ1) is 13.6. The lowest BCUT2D eigenvalue weighted by molar-refractivity contribution is -0.133. The zero-order chi connectivity index (χ0) is 19.6. The van der Waals surface area contributed by atoms with E-state index in [1.54, 1.807) is 12.1 Å². The van der Waals surface area contributed by atoms with E-state index in [1.165, 1.54) is 32.1 Å². The fraction of sp³-hybridized carbons (Fsp3) is 0.708. The van der Waals surface area contributed by atoms with Gasteiger partial charge in [0.05, 0.1) is 0 Å². The number of carbonyl (C=O) groups excluding carboxylic acids is 1. The first-order valence-corrected chi connectivity index (χ1v) is 11.3. The number of nitrogens with zero attached hydrogens (tertiary/aromatic N) is 2. The van der Waals surface area contributed by atoms with Crippen LogP contribution in [-0.4, -0.2) is 48.9 Å². The van der Waals surface area contributed by atoms with Crippen LogP contribution in [0.15, 0.2) is 24.3 Å².